The Morgan fingerprint density at radius 1 is 1.12 bits per heavy atom. The summed E-state index contributed by atoms with van der Waals surface area (Å²) in [5, 5.41) is 0. The molecule has 0 radical (unpaired) electrons. The number of carbonyl (C=O) groups excluding carboxylic acids is 1. The van der Waals surface area contributed by atoms with Gasteiger partial charge in [-0.05, 0) is 20.8 Å². The highest BCUT2D eigenvalue weighted by atomic mass is 19.4. The van der Waals surface area contributed by atoms with Gasteiger partial charge in [-0.25, -0.2) is 4.79 Å². The molecule has 0 atom stereocenters. The number of ether oxygens (including phenoxy) is 1. The zero-order valence-corrected chi connectivity index (χ0v) is 8.91. The Morgan fingerprint density at radius 2 is 1.56 bits per heavy atom. The fraction of sp³-hybridized carbons (Fsp3) is 0.667. The van der Waals surface area contributed by atoms with Crippen molar-refractivity contribution in [3.05, 3.63) is 11.7 Å². The number of hydrogen-bond donors (Lipinski definition) is 0. The van der Waals surface area contributed by atoms with Crippen LogP contribution < -0.4 is 0 Å². The molecular formula is C9H11F5O2. The Hall–Kier alpha value is -1.14. The molecule has 0 aliphatic heterocycles. The van der Waals surface area contributed by atoms with Crippen LogP contribution in [0.5, 0.6) is 0 Å². The average Bonchev–Trinajstić information content (AvgIpc) is 1.94. The number of rotatable bonds is 2. The van der Waals surface area contributed by atoms with E-state index >= 15 is 0 Å². The van der Waals surface area contributed by atoms with Crippen molar-refractivity contribution in [2.24, 2.45) is 0 Å². The molecule has 16 heavy (non-hydrogen) atoms. The van der Waals surface area contributed by atoms with Crippen LogP contribution in [-0.2, 0) is 9.53 Å². The third kappa shape index (κ3) is 6.36. The summed E-state index contributed by atoms with van der Waals surface area (Å²) in [4.78, 5) is 11.0. The summed E-state index contributed by atoms with van der Waals surface area (Å²) < 4.78 is 64.4. The van der Waals surface area contributed by atoms with Crippen LogP contribution in [0, 0.1) is 0 Å². The predicted octanol–water partition coefficient (Wildman–Crippen LogP) is 3.43. The molecule has 0 unspecified atom stereocenters. The molecule has 94 valence electrons. The van der Waals surface area contributed by atoms with Crippen molar-refractivity contribution in [1.29, 1.82) is 0 Å². The Labute approximate surface area is 89.1 Å². The van der Waals surface area contributed by atoms with Gasteiger partial charge < -0.3 is 4.74 Å². The van der Waals surface area contributed by atoms with E-state index < -0.39 is 35.8 Å². The molecule has 0 rings (SSSR count). The molecule has 0 aromatic heterocycles. The molecule has 0 fully saturated rings. The van der Waals surface area contributed by atoms with Gasteiger partial charge >= 0.3 is 12.1 Å². The topological polar surface area (TPSA) is 26.3 Å². The van der Waals surface area contributed by atoms with Crippen molar-refractivity contribution in [1.82, 2.24) is 0 Å². The third-order valence-corrected chi connectivity index (χ3v) is 1.25. The van der Waals surface area contributed by atoms with Gasteiger partial charge in [0, 0.05) is 0 Å². The van der Waals surface area contributed by atoms with Crippen molar-refractivity contribution in [2.75, 3.05) is 0 Å². The average molecular weight is 246 g/mol. The Balaban J connectivity index is 4.85. The van der Waals surface area contributed by atoms with E-state index in [1.807, 2.05) is 0 Å². The first-order valence-electron chi connectivity index (χ1n) is 4.26. The number of esters is 1. The Kier molecular flexibility index (Phi) is 4.45. The van der Waals surface area contributed by atoms with Crippen LogP contribution in [0.4, 0.5) is 22.0 Å². The zero-order chi connectivity index (χ0) is 13.1. The fourth-order valence-electron chi connectivity index (χ4n) is 0.756. The van der Waals surface area contributed by atoms with E-state index in [1.165, 1.54) is 20.8 Å². The second-order valence-electron chi connectivity index (χ2n) is 4.03. The zero-order valence-electron chi connectivity index (χ0n) is 8.91. The van der Waals surface area contributed by atoms with E-state index in [1.54, 1.807) is 0 Å². The summed E-state index contributed by atoms with van der Waals surface area (Å²) in [5.74, 6) is -1.65. The minimum absolute atomic E-state index is 1.12. The predicted molar refractivity (Wildman–Crippen MR) is 45.8 cm³/mol. The van der Waals surface area contributed by atoms with Gasteiger partial charge in [-0.15, -0.1) is 0 Å². The molecule has 0 amide bonds. The van der Waals surface area contributed by atoms with Crippen LogP contribution in [-0.4, -0.2) is 17.7 Å². The molecule has 0 aromatic carbocycles. The van der Waals surface area contributed by atoms with Gasteiger partial charge in [0.2, 0.25) is 0 Å². The summed E-state index contributed by atoms with van der Waals surface area (Å²) in [5.41, 5.74) is -2.77. The van der Waals surface area contributed by atoms with Gasteiger partial charge in [0.15, 0.2) is 0 Å². The minimum Gasteiger partial charge on any atom is -0.456 e. The SMILES string of the molecule is CC(C)(C)OC(=O)C(CC(F)(F)F)=C(F)F. The lowest BCUT2D eigenvalue weighted by Crippen LogP contribution is -2.26. The van der Waals surface area contributed by atoms with E-state index in [0.717, 1.165) is 0 Å². The highest BCUT2D eigenvalue weighted by molar-refractivity contribution is 5.89. The van der Waals surface area contributed by atoms with Gasteiger partial charge in [0.25, 0.3) is 6.08 Å². The largest absolute Gasteiger partial charge is 0.456 e. The summed E-state index contributed by atoms with van der Waals surface area (Å²) in [6, 6.07) is 0. The van der Waals surface area contributed by atoms with Crippen LogP contribution in [0.25, 0.3) is 0 Å². The van der Waals surface area contributed by atoms with Gasteiger partial charge in [-0.2, -0.15) is 22.0 Å². The van der Waals surface area contributed by atoms with Gasteiger partial charge in [-0.1, -0.05) is 0 Å². The van der Waals surface area contributed by atoms with Crippen molar-refractivity contribution in [2.45, 2.75) is 39.0 Å². The second-order valence-corrected chi connectivity index (χ2v) is 4.03. The molecular weight excluding hydrogens is 235 g/mol. The van der Waals surface area contributed by atoms with E-state index in [4.69, 9.17) is 0 Å². The summed E-state index contributed by atoms with van der Waals surface area (Å²) in [6.45, 7) is 4.10. The Morgan fingerprint density at radius 3 is 1.81 bits per heavy atom. The molecule has 7 heteroatoms. The molecule has 0 spiro atoms. The van der Waals surface area contributed by atoms with E-state index in [9.17, 15) is 26.7 Å². The molecule has 0 aliphatic rings. The first-order chi connectivity index (χ1) is 6.92. The van der Waals surface area contributed by atoms with E-state index in [0.29, 0.717) is 0 Å². The van der Waals surface area contributed by atoms with Crippen LogP contribution >= 0.6 is 0 Å². The summed E-state index contributed by atoms with van der Waals surface area (Å²) in [6.07, 6.45) is -9.55. The minimum atomic E-state index is -4.88. The maximum Gasteiger partial charge on any atom is 0.393 e. The highest BCUT2D eigenvalue weighted by Gasteiger charge is 2.36. The summed E-state index contributed by atoms with van der Waals surface area (Å²) in [7, 11) is 0. The van der Waals surface area contributed by atoms with Crippen LogP contribution in [0.3, 0.4) is 0 Å². The molecule has 0 saturated carbocycles. The maximum absolute atomic E-state index is 12.1. The van der Waals surface area contributed by atoms with E-state index in [2.05, 4.69) is 4.74 Å². The van der Waals surface area contributed by atoms with Crippen LogP contribution in [0.1, 0.15) is 27.2 Å². The molecule has 0 aromatic rings. The quantitative estimate of drug-likeness (QED) is 0.424. The number of carbonyl (C=O) groups is 1. The van der Waals surface area contributed by atoms with Crippen molar-refractivity contribution >= 4 is 5.97 Å². The number of alkyl halides is 3. The molecule has 0 bridgehead atoms. The third-order valence-electron chi connectivity index (χ3n) is 1.25. The van der Waals surface area contributed by atoms with E-state index in [-0.39, 0.29) is 0 Å². The maximum atomic E-state index is 12.1. The lowest BCUT2D eigenvalue weighted by Gasteiger charge is -2.20. The standard InChI is InChI=1S/C9H11F5O2/c1-8(2,3)16-7(15)5(6(10)11)4-9(12,13)14/h4H2,1-3H3. The second kappa shape index (κ2) is 4.80. The first-order valence-corrected chi connectivity index (χ1v) is 4.26. The first kappa shape index (κ1) is 14.9. The summed E-state index contributed by atoms with van der Waals surface area (Å²) >= 11 is 0. The number of halogens is 5. The van der Waals surface area contributed by atoms with Crippen molar-refractivity contribution < 1.29 is 31.5 Å². The normalized spacial score (nSPS) is 12.2. The Bertz CT molecular complexity index is 294. The van der Waals surface area contributed by atoms with Gasteiger partial charge in [0.1, 0.15) is 11.2 Å². The molecule has 0 heterocycles. The van der Waals surface area contributed by atoms with Gasteiger partial charge in [0.05, 0.1) is 6.42 Å². The van der Waals surface area contributed by atoms with Crippen molar-refractivity contribution in [3.8, 4) is 0 Å². The molecule has 0 saturated heterocycles. The van der Waals surface area contributed by atoms with Crippen LogP contribution in [0.15, 0.2) is 11.7 Å². The molecule has 0 aliphatic carbocycles. The number of hydrogen-bond acceptors (Lipinski definition) is 2. The van der Waals surface area contributed by atoms with Crippen molar-refractivity contribution in [3.63, 3.8) is 0 Å². The monoisotopic (exact) mass is 246 g/mol. The molecule has 2 nitrogen and oxygen atoms in total. The molecule has 0 N–H and O–H groups in total. The smallest absolute Gasteiger partial charge is 0.393 e. The highest BCUT2D eigenvalue weighted by Crippen LogP contribution is 2.28. The van der Waals surface area contributed by atoms with Gasteiger partial charge in [-0.3, -0.25) is 0 Å². The lowest BCUT2D eigenvalue weighted by atomic mass is 10.1. The van der Waals surface area contributed by atoms with Crippen LogP contribution in [0.2, 0.25) is 0 Å². The lowest BCUT2D eigenvalue weighted by molar-refractivity contribution is -0.157. The fourth-order valence-corrected chi connectivity index (χ4v) is 0.756.